The molecule has 2 aliphatic carbocycles. The molecule has 0 bridgehead atoms. The fourth-order valence-corrected chi connectivity index (χ4v) is 7.25. The Morgan fingerprint density at radius 3 is 1.11 bits per heavy atom. The van der Waals surface area contributed by atoms with Gasteiger partial charge in [0.1, 0.15) is 11.9 Å². The van der Waals surface area contributed by atoms with Crippen LogP contribution in [0.25, 0.3) is 29.6 Å². The molecule has 0 radical (unpaired) electrons. The molecule has 5 nitrogen and oxygen atoms in total. The van der Waals surface area contributed by atoms with E-state index < -0.39 is 0 Å². The second-order valence-electron chi connectivity index (χ2n) is 14.0. The Kier molecular flexibility index (Phi) is 16.1. The van der Waals surface area contributed by atoms with E-state index in [1.54, 1.807) is 0 Å². The molecule has 0 unspecified atom stereocenters. The van der Waals surface area contributed by atoms with E-state index in [1.165, 1.54) is 83.0 Å². The molecule has 3 heterocycles. The van der Waals surface area contributed by atoms with E-state index in [2.05, 4.69) is 157 Å². The molecule has 6 heteroatoms. The molecule has 55 heavy (non-hydrogen) atoms. The quantitative estimate of drug-likeness (QED) is 0.126. The van der Waals surface area contributed by atoms with Gasteiger partial charge in [-0.1, -0.05) is 152 Å². The Morgan fingerprint density at radius 2 is 0.745 bits per heavy atom. The summed E-state index contributed by atoms with van der Waals surface area (Å²) in [6.07, 6.45) is 16.5. The van der Waals surface area contributed by atoms with Crippen molar-refractivity contribution in [3.05, 3.63) is 183 Å². The van der Waals surface area contributed by atoms with Gasteiger partial charge in [-0.2, -0.15) is 0 Å². The largest absolute Gasteiger partial charge is 1.00 e. The molecule has 0 spiro atoms. The van der Waals surface area contributed by atoms with Crippen molar-refractivity contribution in [2.24, 2.45) is 0 Å². The van der Waals surface area contributed by atoms with E-state index in [9.17, 15) is 0 Å². The summed E-state index contributed by atoms with van der Waals surface area (Å²) in [5, 5.41) is 5.56. The Labute approximate surface area is 349 Å². The van der Waals surface area contributed by atoms with Gasteiger partial charge in [0.05, 0.1) is 6.04 Å². The first kappa shape index (κ1) is 40.6. The fourth-order valence-electron chi connectivity index (χ4n) is 7.25. The molecule has 276 valence electrons. The number of amidine groups is 1. The number of nitrogens with zero attached hydrogens (tertiary/aromatic N) is 1. The smallest absolute Gasteiger partial charge is 0.381 e. The molecule has 3 fully saturated rings. The SMILES string of the molecule is C1=Cc2ccccc2C([N-]C(=[NH+]C2c3ccccc3C=Cc3ccccc32)c2ccccc2)c2ccccc21.C1CCOC1.C1CCOC1.C1CCOC1.[Na+]. The molecule has 0 aromatic heterocycles. The van der Waals surface area contributed by atoms with Crippen LogP contribution in [0, 0.1) is 0 Å². The monoisotopic (exact) mass is 739 g/mol. The molecular weight excluding hydrogens is 688 g/mol. The van der Waals surface area contributed by atoms with Gasteiger partial charge in [0.25, 0.3) is 0 Å². The van der Waals surface area contributed by atoms with Crippen LogP contribution < -0.4 is 34.5 Å². The van der Waals surface area contributed by atoms with E-state index in [0.717, 1.165) is 51.0 Å². The van der Waals surface area contributed by atoms with Gasteiger partial charge in [0, 0.05) is 45.2 Å². The van der Waals surface area contributed by atoms with Crippen LogP contribution in [-0.2, 0) is 14.2 Å². The minimum Gasteiger partial charge on any atom is -0.381 e. The number of rotatable bonds is 3. The van der Waals surface area contributed by atoms with E-state index in [0.29, 0.717) is 0 Å². The third-order valence-electron chi connectivity index (χ3n) is 10.1. The van der Waals surface area contributed by atoms with Crippen LogP contribution in [0.5, 0.6) is 0 Å². The molecule has 3 saturated heterocycles. The second-order valence-corrected chi connectivity index (χ2v) is 14.0. The Bertz CT molecular complexity index is 1870. The summed E-state index contributed by atoms with van der Waals surface area (Å²) in [7, 11) is 0. The number of hydrogen-bond donors (Lipinski definition) is 1. The van der Waals surface area contributed by atoms with Gasteiger partial charge in [-0.3, -0.25) is 5.32 Å². The molecule has 0 atom stereocenters. The van der Waals surface area contributed by atoms with E-state index in [4.69, 9.17) is 19.5 Å². The van der Waals surface area contributed by atoms with Gasteiger partial charge >= 0.3 is 29.6 Å². The molecule has 10 rings (SSSR count). The van der Waals surface area contributed by atoms with Gasteiger partial charge in [-0.15, -0.1) is 0 Å². The van der Waals surface area contributed by atoms with Gasteiger partial charge in [-0.25, -0.2) is 0 Å². The molecule has 0 amide bonds. The Hall–Kier alpha value is -4.07. The van der Waals surface area contributed by atoms with Gasteiger partial charge in [0.2, 0.25) is 0 Å². The van der Waals surface area contributed by atoms with Crippen molar-refractivity contribution in [1.29, 1.82) is 0 Å². The standard InChI is InChI=1S/C37H27N2.3C4H8O.Na/c1-2-16-30(17-3-1)37(38-35-31-18-8-4-12-26(31)22-23-27-13-5-9-19-32(27)35)39-36-33-20-10-6-14-28(33)24-25-29-15-7-11-21-34(29)36;3*1-2-4-5-3-1;/h1-25,35-36H;3*1-4H2;/q-1;;;;+1/p+1. The summed E-state index contributed by atoms with van der Waals surface area (Å²) >= 11 is 0. The number of nitrogens with one attached hydrogen (secondary N) is 1. The number of ether oxygens (including phenoxy) is 3. The maximum atomic E-state index is 5.56. The van der Waals surface area contributed by atoms with Crippen LogP contribution in [0.4, 0.5) is 0 Å². The molecule has 3 aliphatic heterocycles. The topological polar surface area (TPSA) is 55.8 Å². The van der Waals surface area contributed by atoms with E-state index in [1.807, 2.05) is 0 Å². The summed E-state index contributed by atoms with van der Waals surface area (Å²) < 4.78 is 14.8. The second kappa shape index (κ2) is 21.9. The third-order valence-corrected chi connectivity index (χ3v) is 10.1. The van der Waals surface area contributed by atoms with Gasteiger partial charge < -0.3 is 19.2 Å². The number of benzene rings is 5. The summed E-state index contributed by atoms with van der Waals surface area (Å²) in [6.45, 7) is 6.00. The van der Waals surface area contributed by atoms with Crippen molar-refractivity contribution in [2.75, 3.05) is 39.6 Å². The molecular formula is C49H52N2NaO3+. The maximum Gasteiger partial charge on any atom is 1.00 e. The first-order valence-corrected chi connectivity index (χ1v) is 19.7. The number of hydrogen-bond acceptors (Lipinski definition) is 3. The van der Waals surface area contributed by atoms with Crippen molar-refractivity contribution in [3.8, 4) is 0 Å². The van der Waals surface area contributed by atoms with Crippen LogP contribution in [-0.4, -0.2) is 45.5 Å². The Balaban J connectivity index is 0.000000267. The maximum absolute atomic E-state index is 5.56. The zero-order valence-corrected chi connectivity index (χ0v) is 34.2. The predicted octanol–water partition coefficient (Wildman–Crippen LogP) is 6.83. The summed E-state index contributed by atoms with van der Waals surface area (Å²) in [4.78, 5) is 3.94. The van der Waals surface area contributed by atoms with Crippen molar-refractivity contribution in [3.63, 3.8) is 0 Å². The van der Waals surface area contributed by atoms with Crippen LogP contribution in [0.15, 0.2) is 127 Å². The average Bonchev–Trinajstić information content (AvgIpc) is 4.08. The van der Waals surface area contributed by atoms with Crippen molar-refractivity contribution < 1.29 is 48.8 Å². The molecule has 5 aliphatic rings. The van der Waals surface area contributed by atoms with Crippen molar-refractivity contribution in [2.45, 2.75) is 50.6 Å². The summed E-state index contributed by atoms with van der Waals surface area (Å²) in [5.74, 6) is 0.878. The minimum atomic E-state index is -0.149. The van der Waals surface area contributed by atoms with E-state index >= 15 is 0 Å². The van der Waals surface area contributed by atoms with Crippen molar-refractivity contribution >= 4 is 30.1 Å². The zero-order valence-electron chi connectivity index (χ0n) is 32.2. The van der Waals surface area contributed by atoms with Crippen LogP contribution in [0.3, 0.4) is 0 Å². The van der Waals surface area contributed by atoms with E-state index in [-0.39, 0.29) is 41.6 Å². The number of fused-ring (bicyclic) bond motifs is 4. The first-order chi connectivity index (χ1) is 26.8. The third kappa shape index (κ3) is 11.3. The Morgan fingerprint density at radius 1 is 0.418 bits per heavy atom. The van der Waals surface area contributed by atoms with Gasteiger partial charge in [-0.05, 0) is 83.0 Å². The molecule has 5 aromatic carbocycles. The van der Waals surface area contributed by atoms with Gasteiger partial charge in [0.15, 0.2) is 0 Å². The van der Waals surface area contributed by atoms with Crippen LogP contribution in [0.2, 0.25) is 0 Å². The van der Waals surface area contributed by atoms with Crippen molar-refractivity contribution in [1.82, 2.24) is 0 Å². The predicted molar refractivity (Wildman–Crippen MR) is 222 cm³/mol. The summed E-state index contributed by atoms with van der Waals surface area (Å²) in [5.41, 5.74) is 10.8. The average molecular weight is 740 g/mol. The molecule has 5 aromatic rings. The first-order valence-electron chi connectivity index (χ1n) is 19.7. The fraction of sp³-hybridized carbons (Fsp3) is 0.286. The molecule has 0 saturated carbocycles. The van der Waals surface area contributed by atoms with Crippen LogP contribution >= 0.6 is 0 Å². The summed E-state index contributed by atoms with van der Waals surface area (Å²) in [6, 6.07) is 44.8. The molecule has 1 N–H and O–H groups in total. The minimum absolute atomic E-state index is 0. The zero-order chi connectivity index (χ0) is 36.6. The normalized spacial score (nSPS) is 16.8. The van der Waals surface area contributed by atoms with Crippen LogP contribution in [0.1, 0.15) is 101 Å².